The molecule has 0 aliphatic rings. The van der Waals surface area contributed by atoms with E-state index in [-0.39, 0.29) is 36.0 Å². The number of carbonyl (C=O) groups excluding carboxylic acids is 1. The lowest BCUT2D eigenvalue weighted by molar-refractivity contribution is -0.119. The number of H-pyrrole nitrogens is 1. The summed E-state index contributed by atoms with van der Waals surface area (Å²) in [5.74, 6) is -2.23. The highest BCUT2D eigenvalue weighted by Gasteiger charge is 2.26. The molecular formula is C19H26N6O5S. The van der Waals surface area contributed by atoms with E-state index in [1.54, 1.807) is 37.3 Å². The lowest BCUT2D eigenvalue weighted by atomic mass is 9.92. The van der Waals surface area contributed by atoms with E-state index in [4.69, 9.17) is 22.0 Å². The number of oxime groups is 1. The van der Waals surface area contributed by atoms with Gasteiger partial charge in [-0.25, -0.2) is 8.42 Å². The number of amides is 1. The normalized spacial score (nSPS) is 12.0. The van der Waals surface area contributed by atoms with Crippen LogP contribution in [0.4, 0.5) is 5.69 Å². The lowest BCUT2D eigenvalue weighted by Gasteiger charge is -2.19. The Morgan fingerprint density at radius 2 is 1.90 bits per heavy atom. The zero-order valence-corrected chi connectivity index (χ0v) is 17.8. The van der Waals surface area contributed by atoms with Crippen LogP contribution < -0.4 is 27.5 Å². The number of anilines is 1. The number of guanidine groups is 1. The van der Waals surface area contributed by atoms with Crippen LogP contribution in [-0.4, -0.2) is 31.9 Å². The highest BCUT2D eigenvalue weighted by atomic mass is 32.2. The van der Waals surface area contributed by atoms with Gasteiger partial charge in [0.15, 0.2) is 0 Å². The molecule has 1 unspecified atom stereocenters. The molecule has 0 saturated carbocycles. The van der Waals surface area contributed by atoms with Crippen LogP contribution in [0.5, 0.6) is 0 Å². The summed E-state index contributed by atoms with van der Waals surface area (Å²) in [6.07, 6.45) is 0.512. The van der Waals surface area contributed by atoms with Gasteiger partial charge >= 0.3 is 0 Å². The number of aryl methyl sites for hydroxylation is 1. The average molecular weight is 451 g/mol. The first-order chi connectivity index (χ1) is 14.6. The van der Waals surface area contributed by atoms with Crippen LogP contribution in [0.25, 0.3) is 0 Å². The highest BCUT2D eigenvalue weighted by molar-refractivity contribution is 7.91. The van der Waals surface area contributed by atoms with Gasteiger partial charge in [0.2, 0.25) is 21.9 Å². The molecule has 2 aromatic rings. The van der Waals surface area contributed by atoms with E-state index in [0.29, 0.717) is 17.7 Å². The molecule has 8 N–H and O–H groups in total. The number of pyridine rings is 1. The lowest BCUT2D eigenvalue weighted by Crippen LogP contribution is -2.28. The van der Waals surface area contributed by atoms with Crippen molar-refractivity contribution < 1.29 is 18.0 Å². The number of primary amides is 1. The molecule has 2 rings (SSSR count). The van der Waals surface area contributed by atoms with Gasteiger partial charge in [-0.05, 0) is 42.1 Å². The molecule has 0 spiro atoms. The number of aromatic amines is 1. The molecule has 168 valence electrons. The quantitative estimate of drug-likeness (QED) is 0.139. The third-order valence-corrected chi connectivity index (χ3v) is 5.50. The van der Waals surface area contributed by atoms with Gasteiger partial charge in [-0.2, -0.15) is 0 Å². The van der Waals surface area contributed by atoms with E-state index in [0.717, 1.165) is 0 Å². The van der Waals surface area contributed by atoms with Crippen LogP contribution in [0.2, 0.25) is 0 Å². The first-order valence-electron chi connectivity index (χ1n) is 9.37. The van der Waals surface area contributed by atoms with Gasteiger partial charge in [0, 0.05) is 5.69 Å². The van der Waals surface area contributed by atoms with Gasteiger partial charge in [-0.3, -0.25) is 14.3 Å². The standard InChI is InChI=1S/C19H26N6O5S/c1-12-10-15(14(17(20)26)8-5-9-30-24-19(21)22)16(18(27)23-12)25-31(28,29)11-13-6-3-2-4-7-13/h2-4,6-7,10,14,25H,5,8-9,11H2,1H3,(H2,20,26)(H,23,27)(H4,21,22,24). The third-order valence-electron chi connectivity index (χ3n) is 4.27. The summed E-state index contributed by atoms with van der Waals surface area (Å²) >= 11 is 0. The van der Waals surface area contributed by atoms with Crippen molar-refractivity contribution >= 4 is 27.6 Å². The SMILES string of the molecule is Cc1cc(C(CCCON=C(N)N)C(N)=O)c(NS(=O)(=O)Cc2ccccc2)c(=O)[nH]1. The molecule has 0 fully saturated rings. The van der Waals surface area contributed by atoms with Crippen molar-refractivity contribution in [2.24, 2.45) is 22.4 Å². The summed E-state index contributed by atoms with van der Waals surface area (Å²) in [4.78, 5) is 32.1. The van der Waals surface area contributed by atoms with Gasteiger partial charge in [-0.1, -0.05) is 30.3 Å². The fourth-order valence-corrected chi connectivity index (χ4v) is 4.23. The summed E-state index contributed by atoms with van der Waals surface area (Å²) in [5.41, 5.74) is 16.2. The predicted octanol–water partition coefficient (Wildman–Crippen LogP) is 0.179. The Balaban J connectivity index is 2.30. The van der Waals surface area contributed by atoms with Gasteiger partial charge < -0.3 is 27.0 Å². The Labute approximate surface area is 179 Å². The number of hydrogen-bond donors (Lipinski definition) is 5. The van der Waals surface area contributed by atoms with Crippen LogP contribution in [-0.2, 0) is 25.4 Å². The second-order valence-corrected chi connectivity index (χ2v) is 8.63. The molecule has 1 heterocycles. The molecule has 11 nitrogen and oxygen atoms in total. The average Bonchev–Trinajstić information content (AvgIpc) is 2.66. The fourth-order valence-electron chi connectivity index (χ4n) is 3.00. The molecule has 0 aliphatic carbocycles. The van der Waals surface area contributed by atoms with Crippen molar-refractivity contribution in [2.75, 3.05) is 11.3 Å². The Morgan fingerprint density at radius 1 is 1.23 bits per heavy atom. The highest BCUT2D eigenvalue weighted by Crippen LogP contribution is 2.27. The zero-order valence-electron chi connectivity index (χ0n) is 17.0. The zero-order chi connectivity index (χ0) is 23.0. The summed E-state index contributed by atoms with van der Waals surface area (Å²) in [5, 5.41) is 3.38. The van der Waals surface area contributed by atoms with Crippen molar-refractivity contribution in [3.05, 3.63) is 63.6 Å². The van der Waals surface area contributed by atoms with Gasteiger partial charge in [0.1, 0.15) is 12.3 Å². The number of sulfonamides is 1. The van der Waals surface area contributed by atoms with Crippen LogP contribution >= 0.6 is 0 Å². The van der Waals surface area contributed by atoms with Gasteiger partial charge in [0.25, 0.3) is 5.56 Å². The van der Waals surface area contributed by atoms with Gasteiger partial charge in [-0.15, -0.1) is 0 Å². The first kappa shape index (κ1) is 23.7. The van der Waals surface area contributed by atoms with Gasteiger partial charge in [0.05, 0.1) is 11.7 Å². The van der Waals surface area contributed by atoms with E-state index in [1.165, 1.54) is 6.07 Å². The minimum absolute atomic E-state index is 0.0962. The summed E-state index contributed by atoms with van der Waals surface area (Å²) in [7, 11) is -3.94. The minimum atomic E-state index is -3.94. The maximum Gasteiger partial charge on any atom is 0.272 e. The van der Waals surface area contributed by atoms with Crippen LogP contribution in [0.3, 0.4) is 0 Å². The molecule has 1 aromatic carbocycles. The molecule has 1 atom stereocenters. The molecule has 12 heteroatoms. The Bertz CT molecular complexity index is 1090. The number of nitrogens with two attached hydrogens (primary N) is 3. The first-order valence-corrected chi connectivity index (χ1v) is 11.0. The van der Waals surface area contributed by atoms with Crippen LogP contribution in [0.1, 0.15) is 35.6 Å². The number of benzene rings is 1. The smallest absolute Gasteiger partial charge is 0.272 e. The van der Waals surface area contributed by atoms with E-state index in [9.17, 15) is 18.0 Å². The number of nitrogens with zero attached hydrogens (tertiary/aromatic N) is 1. The van der Waals surface area contributed by atoms with E-state index < -0.39 is 27.4 Å². The van der Waals surface area contributed by atoms with Crippen molar-refractivity contribution in [3.63, 3.8) is 0 Å². The molecule has 0 radical (unpaired) electrons. The van der Waals surface area contributed by atoms with Crippen molar-refractivity contribution in [1.82, 2.24) is 4.98 Å². The minimum Gasteiger partial charge on any atom is -0.393 e. The number of carbonyl (C=O) groups is 1. The fraction of sp³-hybridized carbons (Fsp3) is 0.316. The Morgan fingerprint density at radius 3 is 2.52 bits per heavy atom. The largest absolute Gasteiger partial charge is 0.393 e. The van der Waals surface area contributed by atoms with Crippen molar-refractivity contribution in [2.45, 2.75) is 31.4 Å². The third kappa shape index (κ3) is 7.33. The molecule has 1 aromatic heterocycles. The maximum atomic E-state index is 12.7. The molecule has 1 amide bonds. The van der Waals surface area contributed by atoms with E-state index >= 15 is 0 Å². The Kier molecular flexibility index (Phi) is 8.02. The number of hydrogen-bond acceptors (Lipinski definition) is 6. The summed E-state index contributed by atoms with van der Waals surface area (Å²) in [6, 6.07) is 10.0. The van der Waals surface area contributed by atoms with Crippen molar-refractivity contribution in [3.8, 4) is 0 Å². The maximum absolute atomic E-state index is 12.7. The molecule has 0 saturated heterocycles. The van der Waals surface area contributed by atoms with E-state index in [1.807, 2.05) is 0 Å². The van der Waals surface area contributed by atoms with E-state index in [2.05, 4.69) is 14.9 Å². The van der Waals surface area contributed by atoms with Crippen LogP contribution in [0.15, 0.2) is 46.3 Å². The monoisotopic (exact) mass is 450 g/mol. The van der Waals surface area contributed by atoms with Crippen LogP contribution in [0, 0.1) is 6.92 Å². The number of rotatable bonds is 11. The molecular weight excluding hydrogens is 424 g/mol. The summed E-state index contributed by atoms with van der Waals surface area (Å²) in [6.45, 7) is 1.71. The second kappa shape index (κ2) is 10.5. The molecule has 0 bridgehead atoms. The van der Waals surface area contributed by atoms with Crippen molar-refractivity contribution in [1.29, 1.82) is 0 Å². The predicted molar refractivity (Wildman–Crippen MR) is 117 cm³/mol. The summed E-state index contributed by atoms with van der Waals surface area (Å²) < 4.78 is 27.7. The Hall–Kier alpha value is -3.54. The second-order valence-electron chi connectivity index (χ2n) is 6.91. The molecule has 31 heavy (non-hydrogen) atoms. The number of nitrogens with one attached hydrogen (secondary N) is 2. The number of aromatic nitrogens is 1. The molecule has 0 aliphatic heterocycles. The topological polar surface area (TPSA) is 196 Å².